The molecule has 16 heavy (non-hydrogen) atoms. The maximum Gasteiger partial charge on any atom is 1.00 e. The van der Waals surface area contributed by atoms with Gasteiger partial charge >= 0.3 is 51.4 Å². The Hall–Kier alpha value is 0.246. The van der Waals surface area contributed by atoms with Gasteiger partial charge in [-0.25, -0.2) is 8.42 Å². The zero-order chi connectivity index (χ0) is 11.1. The molecule has 0 radical (unpaired) electrons. The molecule has 0 heterocycles. The van der Waals surface area contributed by atoms with Crippen molar-refractivity contribution in [1.29, 1.82) is 0 Å². The average molecular weight is 260 g/mol. The molecule has 0 saturated carbocycles. The summed E-state index contributed by atoms with van der Waals surface area (Å²) in [5.74, 6) is 0. The molecule has 2 aromatic carbocycles. The van der Waals surface area contributed by atoms with Gasteiger partial charge in [0.1, 0.15) is 10.1 Å². The van der Waals surface area contributed by atoms with E-state index in [0.717, 1.165) is 10.8 Å². The second kappa shape index (κ2) is 5.26. The first-order chi connectivity index (χ1) is 6.98. The van der Waals surface area contributed by atoms with Gasteiger partial charge in [-0.1, -0.05) is 30.3 Å². The average Bonchev–Trinajstić information content (AvgIpc) is 2.15. The van der Waals surface area contributed by atoms with Crippen LogP contribution >= 0.6 is 0 Å². The largest absolute Gasteiger partial charge is 1.00 e. The van der Waals surface area contributed by atoms with Gasteiger partial charge in [0, 0.05) is 0 Å². The quantitative estimate of drug-likeness (QED) is 0.491. The van der Waals surface area contributed by atoms with Gasteiger partial charge in [0.05, 0.1) is 4.90 Å². The Kier molecular flexibility index (Phi) is 4.71. The topological polar surface area (TPSA) is 57.2 Å². The van der Waals surface area contributed by atoms with Crippen LogP contribution < -0.4 is 51.4 Å². The van der Waals surface area contributed by atoms with Crippen LogP contribution in [0.5, 0.6) is 0 Å². The molecule has 2 rings (SSSR count). The van der Waals surface area contributed by atoms with E-state index in [4.69, 9.17) is 0 Å². The Morgan fingerprint density at radius 3 is 2.06 bits per heavy atom. The van der Waals surface area contributed by atoms with Crippen LogP contribution in [0, 0.1) is 6.92 Å². The van der Waals surface area contributed by atoms with E-state index in [2.05, 4.69) is 0 Å². The molecule has 0 unspecified atom stereocenters. The zero-order valence-electron chi connectivity index (χ0n) is 9.10. The summed E-state index contributed by atoms with van der Waals surface area (Å²) in [7, 11) is -4.37. The fourth-order valence-corrected chi connectivity index (χ4v) is 2.33. The Balaban J connectivity index is 0.00000128. The molecule has 3 nitrogen and oxygen atoms in total. The van der Waals surface area contributed by atoms with E-state index in [1.807, 2.05) is 12.1 Å². The third kappa shape index (κ3) is 2.92. The smallest absolute Gasteiger partial charge is 0.744 e. The van der Waals surface area contributed by atoms with Crippen molar-refractivity contribution in [1.82, 2.24) is 0 Å². The molecule has 0 fully saturated rings. The third-order valence-corrected chi connectivity index (χ3v) is 3.29. The standard InChI is InChI=1S/C11H10O3S.K/c1-8-6-9-4-2-3-5-10(9)7-11(8)15(12,13)14;/h2-7H,1H3,(H,12,13,14);/q;+1/p-1. The molecule has 5 heteroatoms. The van der Waals surface area contributed by atoms with Gasteiger partial charge in [0.25, 0.3) is 0 Å². The van der Waals surface area contributed by atoms with Gasteiger partial charge in [-0.05, 0) is 29.3 Å². The van der Waals surface area contributed by atoms with E-state index in [9.17, 15) is 13.0 Å². The first-order valence-corrected chi connectivity index (χ1v) is 5.84. The molecule has 0 atom stereocenters. The second-order valence-corrected chi connectivity index (χ2v) is 4.77. The van der Waals surface area contributed by atoms with Gasteiger partial charge in [0.15, 0.2) is 0 Å². The van der Waals surface area contributed by atoms with E-state index >= 15 is 0 Å². The predicted molar refractivity (Wildman–Crippen MR) is 56.6 cm³/mol. The first-order valence-electron chi connectivity index (χ1n) is 4.44. The number of aryl methyl sites for hydroxylation is 1. The van der Waals surface area contributed by atoms with Crippen molar-refractivity contribution in [3.05, 3.63) is 42.0 Å². The Bertz CT molecular complexity index is 620. The Morgan fingerprint density at radius 1 is 1.06 bits per heavy atom. The van der Waals surface area contributed by atoms with Crippen molar-refractivity contribution in [2.24, 2.45) is 0 Å². The fourth-order valence-electron chi connectivity index (χ4n) is 1.60. The Morgan fingerprint density at radius 2 is 1.56 bits per heavy atom. The van der Waals surface area contributed by atoms with Crippen molar-refractivity contribution < 1.29 is 64.4 Å². The van der Waals surface area contributed by atoms with E-state index in [1.54, 1.807) is 25.1 Å². The minimum Gasteiger partial charge on any atom is -0.744 e. The van der Waals surface area contributed by atoms with Gasteiger partial charge < -0.3 is 4.55 Å². The van der Waals surface area contributed by atoms with Crippen molar-refractivity contribution in [3.63, 3.8) is 0 Å². The number of hydrogen-bond acceptors (Lipinski definition) is 3. The van der Waals surface area contributed by atoms with Crippen molar-refractivity contribution in [3.8, 4) is 0 Å². The predicted octanol–water partition coefficient (Wildman–Crippen LogP) is -0.944. The zero-order valence-corrected chi connectivity index (χ0v) is 13.0. The molecule has 0 aliphatic rings. The minimum absolute atomic E-state index is 0. The van der Waals surface area contributed by atoms with Crippen molar-refractivity contribution in [2.45, 2.75) is 11.8 Å². The summed E-state index contributed by atoms with van der Waals surface area (Å²) in [6.45, 7) is 1.62. The number of fused-ring (bicyclic) bond motifs is 1. The molecule has 2 aromatic rings. The van der Waals surface area contributed by atoms with Crippen LogP contribution in [-0.2, 0) is 10.1 Å². The minimum atomic E-state index is -4.37. The molecular weight excluding hydrogens is 251 g/mol. The molecule has 0 aromatic heterocycles. The maximum absolute atomic E-state index is 10.9. The summed E-state index contributed by atoms with van der Waals surface area (Å²) in [5.41, 5.74) is 0.490. The molecular formula is C11H9KO3S. The molecule has 0 aliphatic carbocycles. The van der Waals surface area contributed by atoms with Gasteiger partial charge in [-0.15, -0.1) is 0 Å². The maximum atomic E-state index is 10.9. The molecule has 0 saturated heterocycles. The van der Waals surface area contributed by atoms with Crippen LogP contribution in [0.25, 0.3) is 10.8 Å². The van der Waals surface area contributed by atoms with Crippen molar-refractivity contribution in [2.75, 3.05) is 0 Å². The van der Waals surface area contributed by atoms with Crippen LogP contribution in [0.1, 0.15) is 5.56 Å². The van der Waals surface area contributed by atoms with Gasteiger partial charge in [-0.2, -0.15) is 0 Å². The van der Waals surface area contributed by atoms with Crippen LogP contribution in [0.4, 0.5) is 0 Å². The molecule has 0 N–H and O–H groups in total. The fraction of sp³-hybridized carbons (Fsp3) is 0.0909. The van der Waals surface area contributed by atoms with Crippen molar-refractivity contribution >= 4 is 20.9 Å². The van der Waals surface area contributed by atoms with E-state index in [-0.39, 0.29) is 56.3 Å². The third-order valence-electron chi connectivity index (χ3n) is 2.31. The number of hydrogen-bond donors (Lipinski definition) is 0. The SMILES string of the molecule is Cc1cc2ccccc2cc1S(=O)(=O)[O-].[K+]. The van der Waals surface area contributed by atoms with Gasteiger partial charge in [0.2, 0.25) is 0 Å². The molecule has 78 valence electrons. The molecule has 0 bridgehead atoms. The summed E-state index contributed by atoms with van der Waals surface area (Å²) in [4.78, 5) is -0.138. The van der Waals surface area contributed by atoms with Crippen LogP contribution in [0.15, 0.2) is 41.3 Å². The number of benzene rings is 2. The van der Waals surface area contributed by atoms with Crippen LogP contribution in [0.3, 0.4) is 0 Å². The molecule has 0 spiro atoms. The first kappa shape index (κ1) is 14.3. The molecule has 0 amide bonds. The van der Waals surface area contributed by atoms with E-state index in [0.29, 0.717) is 5.56 Å². The normalized spacial score (nSPS) is 11.1. The van der Waals surface area contributed by atoms with Crippen LogP contribution in [-0.4, -0.2) is 13.0 Å². The summed E-state index contributed by atoms with van der Waals surface area (Å²) in [6.07, 6.45) is 0. The monoisotopic (exact) mass is 260 g/mol. The van der Waals surface area contributed by atoms with E-state index < -0.39 is 10.1 Å². The Labute approximate surface area is 137 Å². The summed E-state index contributed by atoms with van der Waals surface area (Å²) in [5, 5.41) is 1.69. The summed E-state index contributed by atoms with van der Waals surface area (Å²) >= 11 is 0. The number of rotatable bonds is 1. The van der Waals surface area contributed by atoms with Gasteiger partial charge in [-0.3, -0.25) is 0 Å². The van der Waals surface area contributed by atoms with E-state index in [1.165, 1.54) is 6.07 Å². The summed E-state index contributed by atoms with van der Waals surface area (Å²) in [6, 6.07) is 10.5. The van der Waals surface area contributed by atoms with Crippen LogP contribution in [0.2, 0.25) is 0 Å². The second-order valence-electron chi connectivity index (χ2n) is 3.42. The molecule has 0 aliphatic heterocycles. The summed E-state index contributed by atoms with van der Waals surface area (Å²) < 4.78 is 32.8.